The van der Waals surface area contributed by atoms with Gasteiger partial charge in [0.1, 0.15) is 0 Å². The van der Waals surface area contributed by atoms with Crippen LogP contribution in [0.2, 0.25) is 0 Å². The third kappa shape index (κ3) is 5.33. The van der Waals surface area contributed by atoms with Gasteiger partial charge in [-0.2, -0.15) is 0 Å². The summed E-state index contributed by atoms with van der Waals surface area (Å²) < 4.78 is 28.3. The fourth-order valence-electron chi connectivity index (χ4n) is 4.11. The van der Waals surface area contributed by atoms with Gasteiger partial charge in [0.05, 0.1) is 10.3 Å². The maximum Gasteiger partial charge on any atom is 0.261 e. The van der Waals surface area contributed by atoms with Crippen molar-refractivity contribution in [2.45, 2.75) is 55.8 Å². The number of carbonyl (C=O) groups is 1. The van der Waals surface area contributed by atoms with Crippen LogP contribution in [0.3, 0.4) is 0 Å². The monoisotopic (exact) mass is 476 g/mol. The molecule has 178 valence electrons. The van der Waals surface area contributed by atoms with Crippen LogP contribution >= 0.6 is 0 Å². The Labute approximate surface area is 202 Å². The van der Waals surface area contributed by atoms with Crippen LogP contribution in [0.1, 0.15) is 50.3 Å². The van der Waals surface area contributed by atoms with E-state index in [1.54, 1.807) is 24.3 Å². The van der Waals surface area contributed by atoms with Crippen LogP contribution in [0.5, 0.6) is 0 Å². The lowest BCUT2D eigenvalue weighted by Gasteiger charge is -2.19. The summed E-state index contributed by atoms with van der Waals surface area (Å²) in [6, 6.07) is 24.2. The number of amides is 1. The molecule has 1 fully saturated rings. The van der Waals surface area contributed by atoms with Crippen LogP contribution < -0.4 is 10.0 Å². The van der Waals surface area contributed by atoms with Crippen LogP contribution in [0, 0.1) is 0 Å². The summed E-state index contributed by atoms with van der Waals surface area (Å²) in [4.78, 5) is 13.1. The average molecular weight is 477 g/mol. The zero-order valence-electron chi connectivity index (χ0n) is 20.0. The molecule has 1 amide bonds. The second-order valence-corrected chi connectivity index (χ2v) is 11.7. The van der Waals surface area contributed by atoms with Crippen LogP contribution in [0.25, 0.3) is 0 Å². The molecule has 2 N–H and O–H groups in total. The van der Waals surface area contributed by atoms with Gasteiger partial charge in [0.15, 0.2) is 0 Å². The van der Waals surface area contributed by atoms with E-state index in [0.29, 0.717) is 12.2 Å². The van der Waals surface area contributed by atoms with E-state index in [2.05, 4.69) is 42.9 Å². The van der Waals surface area contributed by atoms with Crippen LogP contribution in [0.4, 0.5) is 5.69 Å². The summed E-state index contributed by atoms with van der Waals surface area (Å²) in [5.74, 6) is 0.0377. The van der Waals surface area contributed by atoms with E-state index in [-0.39, 0.29) is 16.2 Å². The molecule has 0 radical (unpaired) electrons. The summed E-state index contributed by atoms with van der Waals surface area (Å²) in [5, 5.41) is 3.07. The van der Waals surface area contributed by atoms with Crippen molar-refractivity contribution in [1.29, 1.82) is 0 Å². The van der Waals surface area contributed by atoms with Gasteiger partial charge < -0.3 is 5.32 Å². The molecule has 1 saturated carbocycles. The van der Waals surface area contributed by atoms with Gasteiger partial charge in [-0.1, -0.05) is 75.4 Å². The molecule has 0 unspecified atom stereocenters. The summed E-state index contributed by atoms with van der Waals surface area (Å²) in [6.45, 7) is 6.86. The fourth-order valence-corrected chi connectivity index (χ4v) is 5.17. The molecule has 5 nitrogen and oxygen atoms in total. The number of sulfonamides is 1. The Morgan fingerprint density at radius 2 is 1.50 bits per heavy atom. The smallest absolute Gasteiger partial charge is 0.261 e. The van der Waals surface area contributed by atoms with Gasteiger partial charge in [-0.25, -0.2) is 8.42 Å². The number of benzene rings is 3. The van der Waals surface area contributed by atoms with E-state index < -0.39 is 15.4 Å². The van der Waals surface area contributed by atoms with E-state index >= 15 is 0 Å². The Morgan fingerprint density at radius 3 is 2.06 bits per heavy atom. The quantitative estimate of drug-likeness (QED) is 0.471. The van der Waals surface area contributed by atoms with E-state index in [4.69, 9.17) is 0 Å². The molecule has 1 aliphatic carbocycles. The normalized spacial score (nSPS) is 14.9. The van der Waals surface area contributed by atoms with Gasteiger partial charge in [0, 0.05) is 12.2 Å². The minimum absolute atomic E-state index is 0.0377. The Morgan fingerprint density at radius 1 is 0.882 bits per heavy atom. The van der Waals surface area contributed by atoms with Crippen LogP contribution in [-0.4, -0.2) is 20.9 Å². The summed E-state index contributed by atoms with van der Waals surface area (Å²) in [7, 11) is -3.69. The molecule has 6 heteroatoms. The number of anilines is 1. The second-order valence-electron chi connectivity index (χ2n) is 10.0. The lowest BCUT2D eigenvalue weighted by molar-refractivity contribution is -0.123. The first-order valence-corrected chi connectivity index (χ1v) is 13.1. The highest BCUT2D eigenvalue weighted by Gasteiger charge is 2.51. The van der Waals surface area contributed by atoms with Crippen LogP contribution in [-0.2, 0) is 32.1 Å². The summed E-state index contributed by atoms with van der Waals surface area (Å²) in [6.07, 6.45) is 2.39. The first kappa shape index (κ1) is 24.0. The Hall–Kier alpha value is -3.12. The summed E-state index contributed by atoms with van der Waals surface area (Å²) >= 11 is 0. The van der Waals surface area contributed by atoms with Crippen molar-refractivity contribution in [3.8, 4) is 0 Å². The molecule has 4 rings (SSSR count). The number of nitrogens with one attached hydrogen (secondary N) is 2. The second kappa shape index (κ2) is 9.26. The van der Waals surface area contributed by atoms with E-state index in [9.17, 15) is 13.2 Å². The molecule has 0 aliphatic heterocycles. The first-order valence-electron chi connectivity index (χ1n) is 11.7. The van der Waals surface area contributed by atoms with Gasteiger partial charge in [-0.15, -0.1) is 0 Å². The number of rotatable bonds is 8. The predicted octanol–water partition coefficient (Wildman–Crippen LogP) is 5.18. The SMILES string of the molecule is CC(C)(C)c1ccc(S(=O)(=O)Nc2ccc(C3(C(=O)NCCc4ccccc4)CC3)cc2)cc1. The minimum Gasteiger partial charge on any atom is -0.355 e. The third-order valence-corrected chi connectivity index (χ3v) is 7.84. The van der Waals surface area contributed by atoms with Crippen molar-refractivity contribution in [1.82, 2.24) is 5.32 Å². The van der Waals surface area contributed by atoms with Crippen molar-refractivity contribution in [3.63, 3.8) is 0 Å². The topological polar surface area (TPSA) is 75.3 Å². The highest BCUT2D eigenvalue weighted by atomic mass is 32.2. The van der Waals surface area contributed by atoms with Crippen LogP contribution in [0.15, 0.2) is 83.8 Å². The van der Waals surface area contributed by atoms with Gasteiger partial charge >= 0.3 is 0 Å². The van der Waals surface area contributed by atoms with Crippen molar-refractivity contribution < 1.29 is 13.2 Å². The minimum atomic E-state index is -3.69. The van der Waals surface area contributed by atoms with Crippen molar-refractivity contribution in [2.75, 3.05) is 11.3 Å². The Bertz CT molecular complexity index is 1240. The zero-order valence-corrected chi connectivity index (χ0v) is 20.8. The lowest BCUT2D eigenvalue weighted by Crippen LogP contribution is -2.35. The van der Waals surface area contributed by atoms with E-state index in [0.717, 1.165) is 30.4 Å². The largest absolute Gasteiger partial charge is 0.355 e. The van der Waals surface area contributed by atoms with Crippen molar-refractivity contribution in [2.24, 2.45) is 0 Å². The maximum atomic E-state index is 12.9. The molecular weight excluding hydrogens is 444 g/mol. The average Bonchev–Trinajstić information content (AvgIpc) is 3.62. The predicted molar refractivity (Wildman–Crippen MR) is 136 cm³/mol. The highest BCUT2D eigenvalue weighted by Crippen LogP contribution is 2.48. The zero-order chi connectivity index (χ0) is 24.4. The molecule has 0 bridgehead atoms. The Balaban J connectivity index is 1.39. The Kier molecular flexibility index (Phi) is 6.54. The van der Waals surface area contributed by atoms with E-state index in [1.165, 1.54) is 5.56 Å². The fraction of sp³-hybridized carbons (Fsp3) is 0.321. The van der Waals surface area contributed by atoms with Crippen molar-refractivity contribution in [3.05, 3.63) is 95.6 Å². The van der Waals surface area contributed by atoms with Gasteiger partial charge in [-0.05, 0) is 65.6 Å². The lowest BCUT2D eigenvalue weighted by atomic mass is 9.87. The molecule has 0 spiro atoms. The van der Waals surface area contributed by atoms with Gasteiger partial charge in [-0.3, -0.25) is 9.52 Å². The first-order chi connectivity index (χ1) is 16.1. The molecular formula is C28H32N2O3S. The number of hydrogen-bond acceptors (Lipinski definition) is 3. The van der Waals surface area contributed by atoms with E-state index in [1.807, 2.05) is 42.5 Å². The highest BCUT2D eigenvalue weighted by molar-refractivity contribution is 7.92. The van der Waals surface area contributed by atoms with Gasteiger partial charge in [0.2, 0.25) is 5.91 Å². The molecule has 0 aromatic heterocycles. The third-order valence-electron chi connectivity index (χ3n) is 6.45. The number of hydrogen-bond donors (Lipinski definition) is 2. The molecule has 34 heavy (non-hydrogen) atoms. The molecule has 3 aromatic rings. The molecule has 0 heterocycles. The van der Waals surface area contributed by atoms with Crippen molar-refractivity contribution >= 4 is 21.6 Å². The molecule has 0 atom stereocenters. The van der Waals surface area contributed by atoms with Gasteiger partial charge in [0.25, 0.3) is 10.0 Å². The summed E-state index contributed by atoms with van der Waals surface area (Å²) in [5.41, 5.74) is 3.12. The molecule has 3 aromatic carbocycles. The standard InChI is InChI=1S/C28H32N2O3S/c1-27(2,3)22-11-15-25(16-12-22)34(32,33)30-24-13-9-23(10-14-24)28(18-19-28)26(31)29-20-17-21-7-5-4-6-8-21/h4-16,30H,17-20H2,1-3H3,(H,29,31). The maximum absolute atomic E-state index is 12.9. The molecule has 1 aliphatic rings. The number of carbonyl (C=O) groups excluding carboxylic acids is 1. The molecule has 0 saturated heterocycles.